The normalized spacial score (nSPS) is 26.8. The maximum atomic E-state index is 9.78. The van der Waals surface area contributed by atoms with Gasteiger partial charge in [-0.15, -0.1) is 0 Å². The van der Waals surface area contributed by atoms with Crippen molar-refractivity contribution in [2.24, 2.45) is 5.92 Å². The van der Waals surface area contributed by atoms with Gasteiger partial charge in [0.15, 0.2) is 0 Å². The number of hydrogen-bond acceptors (Lipinski definition) is 4. The predicted molar refractivity (Wildman–Crippen MR) is 74.6 cm³/mol. The zero-order valence-electron chi connectivity index (χ0n) is 12.2. The highest BCUT2D eigenvalue weighted by molar-refractivity contribution is 4.83. The van der Waals surface area contributed by atoms with Gasteiger partial charge in [0.05, 0.1) is 12.2 Å². The summed E-state index contributed by atoms with van der Waals surface area (Å²) in [6.45, 7) is 9.91. The van der Waals surface area contributed by atoms with Crippen LogP contribution in [0.15, 0.2) is 0 Å². The second kappa shape index (κ2) is 7.43. The molecule has 18 heavy (non-hydrogen) atoms. The molecule has 1 fully saturated rings. The Kier molecular flexibility index (Phi) is 6.57. The Morgan fingerprint density at radius 3 is 2.83 bits per heavy atom. The van der Waals surface area contributed by atoms with Gasteiger partial charge in [0.2, 0.25) is 0 Å². The van der Waals surface area contributed by atoms with Crippen LogP contribution in [0, 0.1) is 5.92 Å². The van der Waals surface area contributed by atoms with E-state index in [1.165, 1.54) is 32.4 Å². The average molecular weight is 258 g/mol. The minimum Gasteiger partial charge on any atom is -0.393 e. The van der Waals surface area contributed by atoms with E-state index in [1.54, 1.807) is 6.92 Å². The first-order chi connectivity index (χ1) is 8.48. The molecule has 4 heteroatoms. The number of likely N-dealkylation sites (tertiary alicyclic amines) is 1. The van der Waals surface area contributed by atoms with Gasteiger partial charge in [-0.05, 0) is 52.1 Å². The summed E-state index contributed by atoms with van der Waals surface area (Å²) < 4.78 is 0. The molecule has 0 radical (unpaired) electrons. The smallest absolute Gasteiger partial charge is 0.0972 e. The highest BCUT2D eigenvalue weighted by atomic mass is 16.3. The molecule has 0 aliphatic carbocycles. The Morgan fingerprint density at radius 2 is 2.22 bits per heavy atom. The van der Waals surface area contributed by atoms with Crippen molar-refractivity contribution in [2.45, 2.75) is 51.7 Å². The van der Waals surface area contributed by atoms with Gasteiger partial charge in [-0.3, -0.25) is 0 Å². The van der Waals surface area contributed by atoms with Crippen LogP contribution >= 0.6 is 0 Å². The molecule has 0 aromatic heterocycles. The number of aliphatic hydroxyl groups is 2. The van der Waals surface area contributed by atoms with E-state index >= 15 is 0 Å². The summed E-state index contributed by atoms with van der Waals surface area (Å²) in [5.74, 6) is 0.653. The fraction of sp³-hybridized carbons (Fsp3) is 1.00. The molecule has 1 aliphatic heterocycles. The van der Waals surface area contributed by atoms with Crippen molar-refractivity contribution in [3.05, 3.63) is 0 Å². The summed E-state index contributed by atoms with van der Waals surface area (Å²) in [7, 11) is 0. The minimum atomic E-state index is -1.01. The lowest BCUT2D eigenvalue weighted by Gasteiger charge is -2.37. The number of hydrogen-bond donors (Lipinski definition) is 3. The third-order valence-corrected chi connectivity index (χ3v) is 3.93. The maximum Gasteiger partial charge on any atom is 0.0972 e. The van der Waals surface area contributed by atoms with Crippen LogP contribution in [0.1, 0.15) is 40.0 Å². The van der Waals surface area contributed by atoms with Gasteiger partial charge in [-0.25, -0.2) is 0 Å². The van der Waals surface area contributed by atoms with Gasteiger partial charge in [0.25, 0.3) is 0 Å². The molecule has 1 aliphatic rings. The van der Waals surface area contributed by atoms with Crippen molar-refractivity contribution in [3.8, 4) is 0 Å². The lowest BCUT2D eigenvalue weighted by Crippen LogP contribution is -2.49. The molecule has 0 aromatic carbocycles. The first-order valence-electron chi connectivity index (χ1n) is 7.27. The molecule has 3 N–H and O–H groups in total. The molecule has 4 nitrogen and oxygen atoms in total. The van der Waals surface area contributed by atoms with Gasteiger partial charge in [0, 0.05) is 19.1 Å². The molecule has 1 saturated heterocycles. The summed E-state index contributed by atoms with van der Waals surface area (Å²) in [4.78, 5) is 2.54. The van der Waals surface area contributed by atoms with Crippen LogP contribution in [-0.2, 0) is 0 Å². The highest BCUT2D eigenvalue weighted by Crippen LogP contribution is 2.20. The molecule has 3 unspecified atom stereocenters. The van der Waals surface area contributed by atoms with Gasteiger partial charge in [-0.2, -0.15) is 0 Å². The van der Waals surface area contributed by atoms with E-state index in [-0.39, 0.29) is 6.61 Å². The molecule has 0 bridgehead atoms. The van der Waals surface area contributed by atoms with Gasteiger partial charge in [0.1, 0.15) is 0 Å². The molecule has 0 spiro atoms. The Morgan fingerprint density at radius 1 is 1.50 bits per heavy atom. The van der Waals surface area contributed by atoms with E-state index in [9.17, 15) is 5.11 Å². The Balaban J connectivity index is 2.34. The summed E-state index contributed by atoms with van der Waals surface area (Å²) >= 11 is 0. The number of nitrogens with one attached hydrogen (secondary N) is 1. The topological polar surface area (TPSA) is 55.7 Å². The monoisotopic (exact) mass is 258 g/mol. The van der Waals surface area contributed by atoms with E-state index in [4.69, 9.17) is 5.11 Å². The Hall–Kier alpha value is -0.160. The van der Waals surface area contributed by atoms with E-state index in [0.29, 0.717) is 18.5 Å². The molecule has 1 rings (SSSR count). The van der Waals surface area contributed by atoms with Gasteiger partial charge in [-0.1, -0.05) is 6.92 Å². The number of rotatable bonds is 7. The standard InChI is InChI=1S/C14H30N2O2/c1-4-7-16-8-5-6-13(9-16)12(2)15-10-14(3,18)11-17/h12-13,15,17-18H,4-11H2,1-3H3. The summed E-state index contributed by atoms with van der Waals surface area (Å²) in [5, 5.41) is 22.2. The molecular formula is C14H30N2O2. The molecule has 0 amide bonds. The fourth-order valence-corrected chi connectivity index (χ4v) is 2.62. The molecule has 0 saturated carbocycles. The zero-order chi connectivity index (χ0) is 13.6. The zero-order valence-corrected chi connectivity index (χ0v) is 12.2. The lowest BCUT2D eigenvalue weighted by atomic mass is 9.91. The summed E-state index contributed by atoms with van der Waals surface area (Å²) in [5.41, 5.74) is -1.01. The van der Waals surface area contributed by atoms with Crippen molar-refractivity contribution in [2.75, 3.05) is 32.8 Å². The van der Waals surface area contributed by atoms with Gasteiger partial charge < -0.3 is 20.4 Å². The average Bonchev–Trinajstić information content (AvgIpc) is 2.37. The molecule has 0 aromatic rings. The first kappa shape index (κ1) is 15.9. The van der Waals surface area contributed by atoms with Crippen LogP contribution in [0.4, 0.5) is 0 Å². The SMILES string of the molecule is CCCN1CCCC(C(C)NCC(C)(O)CO)C1. The first-order valence-corrected chi connectivity index (χ1v) is 7.27. The number of nitrogens with zero attached hydrogens (tertiary/aromatic N) is 1. The van der Waals surface area contributed by atoms with Crippen LogP contribution in [0.5, 0.6) is 0 Å². The van der Waals surface area contributed by atoms with E-state index in [1.807, 2.05) is 0 Å². The number of aliphatic hydroxyl groups excluding tert-OH is 1. The second-order valence-electron chi connectivity index (χ2n) is 6.03. The molecular weight excluding hydrogens is 228 g/mol. The van der Waals surface area contributed by atoms with Crippen molar-refractivity contribution in [1.29, 1.82) is 0 Å². The highest BCUT2D eigenvalue weighted by Gasteiger charge is 2.26. The fourth-order valence-electron chi connectivity index (χ4n) is 2.62. The quantitative estimate of drug-likeness (QED) is 0.633. The molecule has 3 atom stereocenters. The van der Waals surface area contributed by atoms with E-state index < -0.39 is 5.60 Å². The van der Waals surface area contributed by atoms with Crippen molar-refractivity contribution < 1.29 is 10.2 Å². The van der Waals surface area contributed by atoms with Gasteiger partial charge >= 0.3 is 0 Å². The minimum absolute atomic E-state index is 0.195. The van der Waals surface area contributed by atoms with Crippen LogP contribution in [0.2, 0.25) is 0 Å². The summed E-state index contributed by atoms with van der Waals surface area (Å²) in [6.07, 6.45) is 3.75. The van der Waals surface area contributed by atoms with Crippen molar-refractivity contribution >= 4 is 0 Å². The largest absolute Gasteiger partial charge is 0.393 e. The van der Waals surface area contributed by atoms with Crippen molar-refractivity contribution in [1.82, 2.24) is 10.2 Å². The second-order valence-corrected chi connectivity index (χ2v) is 6.03. The third kappa shape index (κ3) is 5.22. The van der Waals surface area contributed by atoms with E-state index in [2.05, 4.69) is 24.1 Å². The number of piperidine rings is 1. The third-order valence-electron chi connectivity index (χ3n) is 3.93. The lowest BCUT2D eigenvalue weighted by molar-refractivity contribution is -0.00146. The Bertz CT molecular complexity index is 232. The summed E-state index contributed by atoms with van der Waals surface area (Å²) in [6, 6.07) is 0.391. The van der Waals surface area contributed by atoms with Crippen LogP contribution in [0.3, 0.4) is 0 Å². The predicted octanol–water partition coefficient (Wildman–Crippen LogP) is 0.830. The van der Waals surface area contributed by atoms with Crippen molar-refractivity contribution in [3.63, 3.8) is 0 Å². The Labute approximate surface area is 111 Å². The van der Waals surface area contributed by atoms with Crippen LogP contribution in [-0.4, -0.2) is 59.5 Å². The van der Waals surface area contributed by atoms with E-state index in [0.717, 1.165) is 6.54 Å². The van der Waals surface area contributed by atoms with Crippen LogP contribution in [0.25, 0.3) is 0 Å². The van der Waals surface area contributed by atoms with Crippen LogP contribution < -0.4 is 5.32 Å². The molecule has 108 valence electrons. The molecule has 1 heterocycles. The maximum absolute atomic E-state index is 9.78.